The molecule has 2 heterocycles. The minimum absolute atomic E-state index is 0.369. The second-order valence-corrected chi connectivity index (χ2v) is 10.1. The normalized spacial score (nSPS) is 11.6. The summed E-state index contributed by atoms with van der Waals surface area (Å²) in [5.74, 6) is 0.464. The third-order valence-corrected chi connectivity index (χ3v) is 7.48. The number of nitrogens with zero attached hydrogens (tertiary/aromatic N) is 4. The molecular weight excluding hydrogens is 545 g/mol. The summed E-state index contributed by atoms with van der Waals surface area (Å²) in [5, 5.41) is 11.2. The minimum atomic E-state index is -4.48. The number of hydrogen-bond acceptors (Lipinski definition) is 3. The van der Waals surface area contributed by atoms with Crippen molar-refractivity contribution in [1.82, 2.24) is 14.5 Å². The molecule has 0 bridgehead atoms. The van der Waals surface area contributed by atoms with Crippen molar-refractivity contribution < 1.29 is 13.2 Å². The van der Waals surface area contributed by atoms with Gasteiger partial charge in [0.15, 0.2) is 5.82 Å². The van der Waals surface area contributed by atoms with Crippen molar-refractivity contribution in [2.24, 2.45) is 0 Å². The highest BCUT2D eigenvalue weighted by atomic mass is 19.4. The van der Waals surface area contributed by atoms with E-state index < -0.39 is 11.7 Å². The molecule has 7 aromatic rings. The molecule has 0 N–H and O–H groups in total. The Bertz CT molecular complexity index is 2120. The van der Waals surface area contributed by atoms with Gasteiger partial charge in [0.25, 0.3) is 0 Å². The van der Waals surface area contributed by atoms with Gasteiger partial charge in [0, 0.05) is 27.5 Å². The van der Waals surface area contributed by atoms with E-state index in [-0.39, 0.29) is 0 Å². The van der Waals surface area contributed by atoms with Gasteiger partial charge in [0.05, 0.1) is 39.2 Å². The van der Waals surface area contributed by atoms with Crippen LogP contribution in [0.2, 0.25) is 0 Å². The molecule has 0 aliphatic carbocycles. The van der Waals surface area contributed by atoms with Crippen LogP contribution in [-0.4, -0.2) is 14.5 Å². The molecule has 206 valence electrons. The summed E-state index contributed by atoms with van der Waals surface area (Å²) in [6.45, 7) is 0. The lowest BCUT2D eigenvalue weighted by Gasteiger charge is -2.14. The van der Waals surface area contributed by atoms with Crippen molar-refractivity contribution in [3.63, 3.8) is 0 Å². The van der Waals surface area contributed by atoms with Gasteiger partial charge in [0.1, 0.15) is 6.07 Å². The number of benzene rings is 5. The lowest BCUT2D eigenvalue weighted by atomic mass is 10.1. The summed E-state index contributed by atoms with van der Waals surface area (Å²) in [6.07, 6.45) is -4.48. The molecule has 2 aromatic heterocycles. The molecule has 0 spiro atoms. The molecule has 7 rings (SSSR count). The Balaban J connectivity index is 1.48. The molecule has 7 heteroatoms. The topological polar surface area (TPSA) is 54.5 Å². The summed E-state index contributed by atoms with van der Waals surface area (Å²) < 4.78 is 42.8. The first-order chi connectivity index (χ1) is 20.9. The van der Waals surface area contributed by atoms with Crippen molar-refractivity contribution in [3.05, 3.63) is 139 Å². The van der Waals surface area contributed by atoms with E-state index in [1.165, 1.54) is 12.1 Å². The Hall–Kier alpha value is -5.74. The Morgan fingerprint density at radius 1 is 0.581 bits per heavy atom. The molecule has 0 atom stereocenters. The van der Waals surface area contributed by atoms with Gasteiger partial charge in [-0.05, 0) is 48.5 Å². The van der Waals surface area contributed by atoms with Crippen LogP contribution in [0.1, 0.15) is 11.1 Å². The van der Waals surface area contributed by atoms with Crippen LogP contribution in [0.25, 0.3) is 61.4 Å². The van der Waals surface area contributed by atoms with Crippen LogP contribution in [0.3, 0.4) is 0 Å². The van der Waals surface area contributed by atoms with Crippen LogP contribution in [0.5, 0.6) is 0 Å². The van der Waals surface area contributed by atoms with Gasteiger partial charge in [-0.15, -0.1) is 0 Å². The molecule has 0 radical (unpaired) electrons. The first-order valence-corrected chi connectivity index (χ1v) is 13.6. The molecule has 0 unspecified atom stereocenters. The minimum Gasteiger partial charge on any atom is -0.308 e. The van der Waals surface area contributed by atoms with Gasteiger partial charge in [-0.25, -0.2) is 9.97 Å². The molecule has 4 nitrogen and oxygen atoms in total. The average molecular weight is 567 g/mol. The average Bonchev–Trinajstić information content (AvgIpc) is 3.38. The van der Waals surface area contributed by atoms with Crippen molar-refractivity contribution in [3.8, 4) is 45.7 Å². The van der Waals surface area contributed by atoms with E-state index in [2.05, 4.69) is 6.07 Å². The van der Waals surface area contributed by atoms with Crippen molar-refractivity contribution in [2.45, 2.75) is 6.18 Å². The molecule has 0 fully saturated rings. The van der Waals surface area contributed by atoms with Gasteiger partial charge in [-0.3, -0.25) is 0 Å². The number of alkyl halides is 3. The highest BCUT2D eigenvalue weighted by Gasteiger charge is 2.31. The van der Waals surface area contributed by atoms with Crippen LogP contribution >= 0.6 is 0 Å². The number of rotatable bonds is 4. The highest BCUT2D eigenvalue weighted by molar-refractivity contribution is 6.09. The SMILES string of the molecule is N#Cc1ccc(-c2nc(-c3ccccc3)cc(-c3ccccc3)n2)cc1-n1c2ccccc2c2cc(C(F)(F)F)ccc21. The van der Waals surface area contributed by atoms with Crippen molar-refractivity contribution in [2.75, 3.05) is 0 Å². The molecule has 0 saturated heterocycles. The Kier molecular flexibility index (Phi) is 6.25. The van der Waals surface area contributed by atoms with E-state index in [9.17, 15) is 18.4 Å². The highest BCUT2D eigenvalue weighted by Crippen LogP contribution is 2.38. The summed E-state index contributed by atoms with van der Waals surface area (Å²) in [5.41, 5.74) is 5.44. The second kappa shape index (κ2) is 10.3. The second-order valence-electron chi connectivity index (χ2n) is 10.1. The summed E-state index contributed by atoms with van der Waals surface area (Å²) in [7, 11) is 0. The van der Waals surface area contributed by atoms with Gasteiger partial charge in [-0.1, -0.05) is 78.9 Å². The Labute approximate surface area is 245 Å². The summed E-state index contributed by atoms with van der Waals surface area (Å²) >= 11 is 0. The van der Waals surface area contributed by atoms with Crippen molar-refractivity contribution in [1.29, 1.82) is 5.26 Å². The number of hydrogen-bond donors (Lipinski definition) is 0. The zero-order valence-electron chi connectivity index (χ0n) is 22.5. The third kappa shape index (κ3) is 4.69. The van der Waals surface area contributed by atoms with E-state index >= 15 is 0 Å². The summed E-state index contributed by atoms with van der Waals surface area (Å²) in [4.78, 5) is 9.82. The maximum absolute atomic E-state index is 13.7. The van der Waals surface area contributed by atoms with E-state index in [0.29, 0.717) is 44.4 Å². The van der Waals surface area contributed by atoms with Crippen LogP contribution in [0.15, 0.2) is 127 Å². The monoisotopic (exact) mass is 566 g/mol. The zero-order valence-corrected chi connectivity index (χ0v) is 22.5. The van der Waals surface area contributed by atoms with Crippen molar-refractivity contribution >= 4 is 21.8 Å². The number of para-hydroxylation sites is 1. The largest absolute Gasteiger partial charge is 0.416 e. The number of fused-ring (bicyclic) bond motifs is 3. The lowest BCUT2D eigenvalue weighted by Crippen LogP contribution is -2.04. The maximum Gasteiger partial charge on any atom is 0.416 e. The van der Waals surface area contributed by atoms with Crippen LogP contribution in [0.4, 0.5) is 13.2 Å². The van der Waals surface area contributed by atoms with Gasteiger partial charge >= 0.3 is 6.18 Å². The molecule has 0 amide bonds. The third-order valence-electron chi connectivity index (χ3n) is 7.48. The predicted molar refractivity (Wildman–Crippen MR) is 162 cm³/mol. The molecular formula is C36H21F3N4. The molecule has 0 aliphatic heterocycles. The first kappa shape index (κ1) is 26.2. The molecule has 43 heavy (non-hydrogen) atoms. The van der Waals surface area contributed by atoms with Gasteiger partial charge < -0.3 is 4.57 Å². The number of aromatic nitrogens is 3. The fourth-order valence-corrected chi connectivity index (χ4v) is 5.45. The first-order valence-electron chi connectivity index (χ1n) is 13.6. The molecule has 0 aliphatic rings. The van der Waals surface area contributed by atoms with Crippen LogP contribution in [0, 0.1) is 11.3 Å². The van der Waals surface area contributed by atoms with E-state index in [1.54, 1.807) is 24.3 Å². The van der Waals surface area contributed by atoms with Gasteiger partial charge in [-0.2, -0.15) is 18.4 Å². The van der Waals surface area contributed by atoms with Crippen LogP contribution in [-0.2, 0) is 6.18 Å². The predicted octanol–water partition coefficient (Wildman–Crippen LogP) is 9.47. The quantitative estimate of drug-likeness (QED) is 0.213. The fraction of sp³-hybridized carbons (Fsp3) is 0.0278. The van der Waals surface area contributed by atoms with E-state index in [0.717, 1.165) is 28.6 Å². The van der Waals surface area contributed by atoms with Crippen LogP contribution < -0.4 is 0 Å². The van der Waals surface area contributed by atoms with E-state index in [1.807, 2.05) is 89.5 Å². The Morgan fingerprint density at radius 2 is 1.19 bits per heavy atom. The van der Waals surface area contributed by atoms with E-state index in [4.69, 9.17) is 9.97 Å². The molecule has 5 aromatic carbocycles. The standard InChI is InChI=1S/C36H21F3N4/c37-36(38,39)27-17-18-33-29(20-27)28-13-7-8-14-32(28)43(33)34-19-25(15-16-26(34)22-40)35-41-30(23-9-3-1-4-10-23)21-31(42-35)24-11-5-2-6-12-24/h1-21H. The lowest BCUT2D eigenvalue weighted by molar-refractivity contribution is -0.137. The maximum atomic E-state index is 13.7. The fourth-order valence-electron chi connectivity index (χ4n) is 5.45. The number of halogens is 3. The molecule has 0 saturated carbocycles. The Morgan fingerprint density at radius 3 is 1.81 bits per heavy atom. The number of nitriles is 1. The smallest absolute Gasteiger partial charge is 0.308 e. The van der Waals surface area contributed by atoms with Gasteiger partial charge in [0.2, 0.25) is 0 Å². The zero-order chi connectivity index (χ0) is 29.6. The summed E-state index contributed by atoms with van der Waals surface area (Å²) in [6, 6.07) is 40.1.